The predicted octanol–water partition coefficient (Wildman–Crippen LogP) is 2.02. The van der Waals surface area contributed by atoms with Gasteiger partial charge >= 0.3 is 0 Å². The van der Waals surface area contributed by atoms with Crippen molar-refractivity contribution in [1.82, 2.24) is 10.2 Å². The van der Waals surface area contributed by atoms with Crippen LogP contribution in [0.25, 0.3) is 0 Å². The number of nitrogens with zero attached hydrogens (tertiary/aromatic N) is 1. The Labute approximate surface area is 132 Å². The van der Waals surface area contributed by atoms with Crippen molar-refractivity contribution in [3.63, 3.8) is 0 Å². The largest absolute Gasteiger partial charge is 0.486 e. The molecule has 1 aromatic rings. The van der Waals surface area contributed by atoms with Crippen molar-refractivity contribution in [2.45, 2.75) is 25.7 Å². The molecule has 0 aromatic heterocycles. The zero-order valence-electron chi connectivity index (χ0n) is 13.7. The van der Waals surface area contributed by atoms with Crippen molar-refractivity contribution < 1.29 is 14.3 Å². The van der Waals surface area contributed by atoms with E-state index >= 15 is 0 Å². The van der Waals surface area contributed by atoms with Crippen molar-refractivity contribution in [2.75, 3.05) is 40.4 Å². The van der Waals surface area contributed by atoms with Crippen LogP contribution < -0.4 is 14.8 Å². The molecule has 0 fully saturated rings. The van der Waals surface area contributed by atoms with Gasteiger partial charge in [-0.3, -0.25) is 4.79 Å². The zero-order chi connectivity index (χ0) is 15.9. The number of hydrogen-bond donors (Lipinski definition) is 1. The molecule has 122 valence electrons. The Kier molecular flexibility index (Phi) is 6.07. The highest BCUT2D eigenvalue weighted by Crippen LogP contribution is 2.33. The minimum absolute atomic E-state index is 0.0983. The van der Waals surface area contributed by atoms with Gasteiger partial charge in [-0.25, -0.2) is 0 Å². The molecule has 1 aromatic carbocycles. The van der Waals surface area contributed by atoms with Crippen LogP contribution in [0.1, 0.15) is 31.2 Å². The monoisotopic (exact) mass is 306 g/mol. The standard InChI is InChI=1S/C17H26N2O3/c1-13(11-17(20)18-7-4-8-19(2)3)14-5-6-15-16(12-14)22-10-9-21-15/h5-6,12-13H,4,7-11H2,1-3H3,(H,18,20). The summed E-state index contributed by atoms with van der Waals surface area (Å²) >= 11 is 0. The molecule has 1 aliphatic rings. The quantitative estimate of drug-likeness (QED) is 0.783. The van der Waals surface area contributed by atoms with Crippen LogP contribution in [0.5, 0.6) is 11.5 Å². The van der Waals surface area contributed by atoms with Gasteiger partial charge in [-0.05, 0) is 50.7 Å². The minimum atomic E-state index is 0.0983. The fraction of sp³-hybridized carbons (Fsp3) is 0.588. The predicted molar refractivity (Wildman–Crippen MR) is 86.6 cm³/mol. The molecule has 5 heteroatoms. The van der Waals surface area contributed by atoms with E-state index in [0.717, 1.165) is 36.6 Å². The highest BCUT2D eigenvalue weighted by atomic mass is 16.6. The first-order chi connectivity index (χ1) is 10.6. The molecule has 1 N–H and O–H groups in total. The third kappa shape index (κ3) is 4.91. The molecule has 5 nitrogen and oxygen atoms in total. The van der Waals surface area contributed by atoms with Gasteiger partial charge in [-0.1, -0.05) is 13.0 Å². The van der Waals surface area contributed by atoms with Crippen LogP contribution in [0.15, 0.2) is 18.2 Å². The molecular formula is C17H26N2O3. The number of benzene rings is 1. The summed E-state index contributed by atoms with van der Waals surface area (Å²) in [6.45, 7) is 4.95. The molecule has 1 atom stereocenters. The zero-order valence-corrected chi connectivity index (χ0v) is 13.7. The number of rotatable bonds is 7. The molecule has 0 spiro atoms. The molecule has 1 heterocycles. The maximum Gasteiger partial charge on any atom is 0.220 e. The first-order valence-electron chi connectivity index (χ1n) is 7.87. The van der Waals surface area contributed by atoms with E-state index in [1.165, 1.54) is 0 Å². The SMILES string of the molecule is CC(CC(=O)NCCCN(C)C)c1ccc2c(c1)OCCO2. The number of carbonyl (C=O) groups excluding carboxylic acids is 1. The van der Waals surface area contributed by atoms with Gasteiger partial charge in [0.05, 0.1) is 0 Å². The average Bonchev–Trinajstić information content (AvgIpc) is 2.51. The van der Waals surface area contributed by atoms with Crippen LogP contribution in [0, 0.1) is 0 Å². The summed E-state index contributed by atoms with van der Waals surface area (Å²) in [5.41, 5.74) is 1.10. The lowest BCUT2D eigenvalue weighted by Gasteiger charge is -2.20. The van der Waals surface area contributed by atoms with Gasteiger partial charge in [0.15, 0.2) is 11.5 Å². The molecule has 0 bridgehead atoms. The Morgan fingerprint density at radius 1 is 1.27 bits per heavy atom. The van der Waals surface area contributed by atoms with E-state index in [1.54, 1.807) is 0 Å². The molecule has 0 radical (unpaired) electrons. The van der Waals surface area contributed by atoms with Gasteiger partial charge in [-0.15, -0.1) is 0 Å². The minimum Gasteiger partial charge on any atom is -0.486 e. The second kappa shape index (κ2) is 8.03. The lowest BCUT2D eigenvalue weighted by Crippen LogP contribution is -2.27. The summed E-state index contributed by atoms with van der Waals surface area (Å²) in [5.74, 6) is 1.82. The van der Waals surface area contributed by atoms with E-state index in [2.05, 4.69) is 17.1 Å². The molecule has 1 amide bonds. The first kappa shape index (κ1) is 16.6. The fourth-order valence-corrected chi connectivity index (χ4v) is 2.46. The second-order valence-corrected chi connectivity index (χ2v) is 6.02. The van der Waals surface area contributed by atoms with Crippen molar-refractivity contribution in [3.05, 3.63) is 23.8 Å². The highest BCUT2D eigenvalue weighted by molar-refractivity contribution is 5.76. The number of fused-ring (bicyclic) bond motifs is 1. The number of carbonyl (C=O) groups is 1. The summed E-state index contributed by atoms with van der Waals surface area (Å²) < 4.78 is 11.1. The molecule has 2 rings (SSSR count). The van der Waals surface area contributed by atoms with Gasteiger partial charge < -0.3 is 19.7 Å². The van der Waals surface area contributed by atoms with Gasteiger partial charge in [0.25, 0.3) is 0 Å². The second-order valence-electron chi connectivity index (χ2n) is 6.02. The van der Waals surface area contributed by atoms with Crippen molar-refractivity contribution in [1.29, 1.82) is 0 Å². The van der Waals surface area contributed by atoms with Crippen molar-refractivity contribution >= 4 is 5.91 Å². The van der Waals surface area contributed by atoms with Crippen LogP contribution in [0.3, 0.4) is 0 Å². The summed E-state index contributed by atoms with van der Waals surface area (Å²) in [5, 5.41) is 2.98. The number of hydrogen-bond acceptors (Lipinski definition) is 4. The van der Waals surface area contributed by atoms with Gasteiger partial charge in [0.1, 0.15) is 13.2 Å². The van der Waals surface area contributed by atoms with Crippen LogP contribution in [0.2, 0.25) is 0 Å². The summed E-state index contributed by atoms with van der Waals surface area (Å²) in [6.07, 6.45) is 1.46. The summed E-state index contributed by atoms with van der Waals surface area (Å²) in [7, 11) is 4.07. The molecule has 22 heavy (non-hydrogen) atoms. The number of ether oxygens (including phenoxy) is 2. The van der Waals surface area contributed by atoms with E-state index < -0.39 is 0 Å². The van der Waals surface area contributed by atoms with E-state index in [0.29, 0.717) is 19.6 Å². The normalized spacial score (nSPS) is 14.7. The van der Waals surface area contributed by atoms with Gasteiger partial charge in [0, 0.05) is 13.0 Å². The van der Waals surface area contributed by atoms with E-state index in [-0.39, 0.29) is 11.8 Å². The maximum atomic E-state index is 12.0. The van der Waals surface area contributed by atoms with Gasteiger partial charge in [-0.2, -0.15) is 0 Å². The smallest absolute Gasteiger partial charge is 0.220 e. The third-order valence-corrected chi connectivity index (χ3v) is 3.73. The molecule has 1 unspecified atom stereocenters. The van der Waals surface area contributed by atoms with Crippen molar-refractivity contribution in [2.24, 2.45) is 0 Å². The molecule has 1 aliphatic heterocycles. The topological polar surface area (TPSA) is 50.8 Å². The van der Waals surface area contributed by atoms with Crippen LogP contribution in [-0.4, -0.2) is 51.2 Å². The van der Waals surface area contributed by atoms with E-state index in [4.69, 9.17) is 9.47 Å². The Bertz CT molecular complexity index is 503. The molecule has 0 saturated carbocycles. The average molecular weight is 306 g/mol. The van der Waals surface area contributed by atoms with Gasteiger partial charge in [0.2, 0.25) is 5.91 Å². The van der Waals surface area contributed by atoms with Crippen LogP contribution in [0.4, 0.5) is 0 Å². The van der Waals surface area contributed by atoms with E-state index in [1.807, 2.05) is 32.3 Å². The first-order valence-corrected chi connectivity index (χ1v) is 7.87. The summed E-state index contributed by atoms with van der Waals surface area (Å²) in [6, 6.07) is 5.92. The molecule has 0 aliphatic carbocycles. The van der Waals surface area contributed by atoms with Crippen molar-refractivity contribution in [3.8, 4) is 11.5 Å². The van der Waals surface area contributed by atoms with Crippen LogP contribution in [-0.2, 0) is 4.79 Å². The summed E-state index contributed by atoms with van der Waals surface area (Å²) in [4.78, 5) is 14.1. The third-order valence-electron chi connectivity index (χ3n) is 3.73. The number of amides is 1. The Morgan fingerprint density at radius 3 is 2.73 bits per heavy atom. The molecule has 0 saturated heterocycles. The number of nitrogens with one attached hydrogen (secondary N) is 1. The Morgan fingerprint density at radius 2 is 2.00 bits per heavy atom. The Balaban J connectivity index is 1.81. The highest BCUT2D eigenvalue weighted by Gasteiger charge is 2.16. The lowest BCUT2D eigenvalue weighted by atomic mass is 9.97. The molecular weight excluding hydrogens is 280 g/mol. The Hall–Kier alpha value is -1.75. The maximum absolute atomic E-state index is 12.0. The fourth-order valence-electron chi connectivity index (χ4n) is 2.46. The lowest BCUT2D eigenvalue weighted by molar-refractivity contribution is -0.121. The van der Waals surface area contributed by atoms with E-state index in [9.17, 15) is 4.79 Å². The van der Waals surface area contributed by atoms with Crippen LogP contribution >= 0.6 is 0 Å².